The Balaban J connectivity index is 3.00. The van der Waals surface area contributed by atoms with E-state index in [0.29, 0.717) is 33.0 Å². The van der Waals surface area contributed by atoms with Crippen molar-refractivity contribution >= 4 is 16.2 Å². The number of ether oxygens (including phenoxy) is 5. The molecule has 1 N–H and O–H groups in total. The molecule has 1 rings (SSSR count). The molecule has 10 heteroatoms. The number of unbranched alkanes of at least 4 members (excludes halogenated alkanes) is 10. The molecule has 1 atom stereocenters. The fraction of sp³-hybridized carbons (Fsp3) is 0.893. The van der Waals surface area contributed by atoms with Crippen molar-refractivity contribution in [3.8, 4) is 12.0 Å². The minimum Gasteiger partial charge on any atom is -0.463 e. The summed E-state index contributed by atoms with van der Waals surface area (Å²) in [6.07, 6.45) is 13.9. The lowest BCUT2D eigenvalue weighted by atomic mass is 10.1. The maximum Gasteiger partial charge on any atom is 0.324 e. The number of nitrogens with zero attached hydrogens (tertiary/aromatic N) is 3. The molecule has 38 heavy (non-hydrogen) atoms. The first-order valence-electron chi connectivity index (χ1n) is 15.3. The summed E-state index contributed by atoms with van der Waals surface area (Å²) in [5.41, 5.74) is 0. The van der Waals surface area contributed by atoms with Gasteiger partial charge in [-0.1, -0.05) is 78.1 Å². The Morgan fingerprint density at radius 1 is 0.658 bits per heavy atom. The van der Waals surface area contributed by atoms with Gasteiger partial charge in [-0.15, -0.1) is 4.98 Å². The zero-order chi connectivity index (χ0) is 27.9. The van der Waals surface area contributed by atoms with E-state index in [9.17, 15) is 0 Å². The molecule has 0 saturated heterocycles. The largest absolute Gasteiger partial charge is 0.463 e. The van der Waals surface area contributed by atoms with Crippen LogP contribution in [0.5, 0.6) is 12.0 Å². The molecular weight excluding hydrogens is 500 g/mol. The minimum atomic E-state index is -1.21. The van der Waals surface area contributed by atoms with Gasteiger partial charge in [-0.25, -0.2) is 0 Å². The number of nitrogens with one attached hydrogen (secondary N) is 1. The fourth-order valence-electron chi connectivity index (χ4n) is 4.28. The molecule has 0 saturated carbocycles. The Bertz CT molecular complexity index is 659. The second-order valence-corrected chi connectivity index (χ2v) is 10.3. The van der Waals surface area contributed by atoms with Crippen LogP contribution >= 0.6 is 0 Å². The summed E-state index contributed by atoms with van der Waals surface area (Å²) in [4.78, 5) is 13.5. The smallest absolute Gasteiger partial charge is 0.324 e. The molecule has 0 radical (unpaired) electrons. The molecule has 0 amide bonds. The lowest BCUT2D eigenvalue weighted by Gasteiger charge is -2.39. The van der Waals surface area contributed by atoms with Gasteiger partial charge >= 0.3 is 12.0 Å². The molecule has 0 aliphatic rings. The topological polar surface area (TPSA) is 96.9 Å². The predicted molar refractivity (Wildman–Crippen MR) is 157 cm³/mol. The zero-order valence-electron chi connectivity index (χ0n) is 25.2. The highest BCUT2D eigenvalue weighted by Crippen LogP contribution is 2.26. The summed E-state index contributed by atoms with van der Waals surface area (Å²) in [7, 11) is 0.921. The van der Waals surface area contributed by atoms with Crippen LogP contribution in [0.25, 0.3) is 0 Å². The third-order valence-corrected chi connectivity index (χ3v) is 6.96. The van der Waals surface area contributed by atoms with Crippen LogP contribution in [0, 0.1) is 0 Å². The Labute approximate surface area is 235 Å². The highest BCUT2D eigenvalue weighted by Gasteiger charge is 2.42. The first-order valence-corrected chi connectivity index (χ1v) is 16.7. The molecule has 1 aromatic rings. The van der Waals surface area contributed by atoms with E-state index in [0.717, 1.165) is 42.0 Å². The van der Waals surface area contributed by atoms with Crippen LogP contribution in [-0.2, 0) is 14.2 Å². The maximum atomic E-state index is 6.13. The summed E-state index contributed by atoms with van der Waals surface area (Å²) in [6.45, 7) is 12.8. The van der Waals surface area contributed by atoms with Crippen LogP contribution < -0.4 is 14.8 Å². The van der Waals surface area contributed by atoms with Crippen molar-refractivity contribution in [3.05, 3.63) is 0 Å². The Morgan fingerprint density at radius 2 is 1.13 bits per heavy atom. The summed E-state index contributed by atoms with van der Waals surface area (Å²) < 4.78 is 30.2. The standard InChI is InChI=1S/C28H56N4O5Si/c1-6-11-13-15-17-19-21-34-26-29-25(30-27(31-26)35-22-20-18-16-14-12-7-2)32-28(36-9-4,37-10-5)24(23-38)33-8-3/h24H,6-23H2,1-5,38H3,(H,29,30,31,32). The monoisotopic (exact) mass is 556 g/mol. The second kappa shape index (κ2) is 22.3. The van der Waals surface area contributed by atoms with Crippen LogP contribution in [0.15, 0.2) is 0 Å². The van der Waals surface area contributed by atoms with Gasteiger partial charge in [0.05, 0.1) is 13.2 Å². The second-order valence-electron chi connectivity index (χ2n) is 9.47. The molecule has 1 heterocycles. The SMILES string of the molecule is CCCCCCCCOc1nc(NC(OCC)(OCC)C(C[SiH3])OCC)nc(OCCCCCCCC)n1. The summed E-state index contributed by atoms with van der Waals surface area (Å²) in [5.74, 6) is -0.923. The van der Waals surface area contributed by atoms with Gasteiger partial charge in [0.15, 0.2) is 0 Å². The predicted octanol–water partition coefficient (Wildman–Crippen LogP) is 5.68. The van der Waals surface area contributed by atoms with Gasteiger partial charge < -0.3 is 29.0 Å². The quantitative estimate of drug-likeness (QED) is 0.0878. The number of anilines is 1. The average molecular weight is 557 g/mol. The van der Waals surface area contributed by atoms with Gasteiger partial charge in [-0.05, 0) is 39.7 Å². The van der Waals surface area contributed by atoms with Gasteiger partial charge in [-0.3, -0.25) is 0 Å². The van der Waals surface area contributed by atoms with Crippen LogP contribution in [0.3, 0.4) is 0 Å². The van der Waals surface area contributed by atoms with E-state index in [-0.39, 0.29) is 24.1 Å². The summed E-state index contributed by atoms with van der Waals surface area (Å²) in [5, 5.41) is 3.29. The molecule has 0 aliphatic heterocycles. The van der Waals surface area contributed by atoms with Crippen LogP contribution in [0.4, 0.5) is 5.95 Å². The van der Waals surface area contributed by atoms with E-state index in [1.165, 1.54) is 51.4 Å². The van der Waals surface area contributed by atoms with Crippen LogP contribution in [-0.4, -0.2) is 70.2 Å². The highest BCUT2D eigenvalue weighted by atomic mass is 28.1. The van der Waals surface area contributed by atoms with Gasteiger partial charge in [-0.2, -0.15) is 9.97 Å². The minimum absolute atomic E-state index is 0.245. The van der Waals surface area contributed by atoms with Gasteiger partial charge in [0.2, 0.25) is 5.95 Å². The zero-order valence-corrected chi connectivity index (χ0v) is 27.2. The molecule has 0 aromatic carbocycles. The van der Waals surface area contributed by atoms with E-state index in [2.05, 4.69) is 34.1 Å². The Kier molecular flexibility index (Phi) is 20.3. The van der Waals surface area contributed by atoms with Crippen molar-refractivity contribution < 1.29 is 23.7 Å². The van der Waals surface area contributed by atoms with Crippen molar-refractivity contribution in [1.82, 2.24) is 15.0 Å². The van der Waals surface area contributed by atoms with Crippen molar-refractivity contribution in [2.45, 2.75) is 130 Å². The fourth-order valence-corrected chi connectivity index (χ4v) is 5.05. The summed E-state index contributed by atoms with van der Waals surface area (Å²) in [6, 6.07) is 1.30. The van der Waals surface area contributed by atoms with E-state index >= 15 is 0 Å². The third-order valence-electron chi connectivity index (χ3n) is 6.22. The van der Waals surface area contributed by atoms with Crippen molar-refractivity contribution in [3.63, 3.8) is 0 Å². The van der Waals surface area contributed by atoms with Gasteiger partial charge in [0.25, 0.3) is 5.91 Å². The summed E-state index contributed by atoms with van der Waals surface area (Å²) >= 11 is 0. The average Bonchev–Trinajstić information content (AvgIpc) is 2.91. The Hall–Kier alpha value is -1.49. The first-order chi connectivity index (χ1) is 18.6. The lowest BCUT2D eigenvalue weighted by molar-refractivity contribution is -0.267. The van der Waals surface area contributed by atoms with E-state index in [4.69, 9.17) is 23.7 Å². The van der Waals surface area contributed by atoms with Crippen molar-refractivity contribution in [2.24, 2.45) is 0 Å². The van der Waals surface area contributed by atoms with E-state index < -0.39 is 5.91 Å². The molecule has 0 spiro atoms. The van der Waals surface area contributed by atoms with Gasteiger partial charge in [0.1, 0.15) is 6.10 Å². The number of hydrogen-bond acceptors (Lipinski definition) is 9. The molecule has 222 valence electrons. The molecule has 9 nitrogen and oxygen atoms in total. The molecule has 0 bridgehead atoms. The van der Waals surface area contributed by atoms with Crippen LogP contribution in [0.1, 0.15) is 112 Å². The first kappa shape index (κ1) is 34.5. The van der Waals surface area contributed by atoms with Crippen LogP contribution in [0.2, 0.25) is 6.04 Å². The van der Waals surface area contributed by atoms with E-state index in [1.54, 1.807) is 0 Å². The van der Waals surface area contributed by atoms with Crippen molar-refractivity contribution in [2.75, 3.05) is 38.4 Å². The third kappa shape index (κ3) is 14.1. The number of hydrogen-bond donors (Lipinski definition) is 1. The van der Waals surface area contributed by atoms with E-state index in [1.807, 2.05) is 20.8 Å². The highest BCUT2D eigenvalue weighted by molar-refractivity contribution is 6.09. The normalized spacial score (nSPS) is 12.6. The maximum absolute atomic E-state index is 6.13. The molecule has 1 aromatic heterocycles. The number of rotatable bonds is 26. The molecule has 1 unspecified atom stereocenters. The number of aromatic nitrogens is 3. The molecule has 0 fully saturated rings. The molecule has 0 aliphatic carbocycles. The van der Waals surface area contributed by atoms with Crippen molar-refractivity contribution in [1.29, 1.82) is 0 Å². The Morgan fingerprint density at radius 3 is 1.55 bits per heavy atom. The van der Waals surface area contributed by atoms with Gasteiger partial charge in [0, 0.05) is 30.1 Å². The molecular formula is C28H56N4O5Si. The lowest BCUT2D eigenvalue weighted by Crippen LogP contribution is -2.55.